The first kappa shape index (κ1) is 20.4. The summed E-state index contributed by atoms with van der Waals surface area (Å²) in [4.78, 5) is 6.47. The number of nitrogens with two attached hydrogens (primary N) is 1. The lowest BCUT2D eigenvalue weighted by molar-refractivity contribution is 0.343. The first-order valence-corrected chi connectivity index (χ1v) is 12.0. The first-order chi connectivity index (χ1) is 14.2. The van der Waals surface area contributed by atoms with Crippen LogP contribution in [0.1, 0.15) is 60.1 Å². The van der Waals surface area contributed by atoms with Crippen LogP contribution in [0.15, 0.2) is 35.3 Å². The second-order valence-corrected chi connectivity index (χ2v) is 9.48. The van der Waals surface area contributed by atoms with Gasteiger partial charge in [-0.05, 0) is 75.5 Å². The average Bonchev–Trinajstić information content (AvgIpc) is 3.34. The second-order valence-electron chi connectivity index (χ2n) is 8.37. The number of amidine groups is 1. The van der Waals surface area contributed by atoms with Gasteiger partial charge in [0.2, 0.25) is 0 Å². The molecule has 5 heteroatoms. The average molecular weight is 411 g/mol. The molecule has 2 aliphatic rings. The van der Waals surface area contributed by atoms with Crippen LogP contribution in [0.2, 0.25) is 0 Å². The molecule has 0 bridgehead atoms. The summed E-state index contributed by atoms with van der Waals surface area (Å²) >= 11 is 1.87. The van der Waals surface area contributed by atoms with Gasteiger partial charge < -0.3 is 16.4 Å². The topological polar surface area (TPSA) is 62.4 Å². The minimum atomic E-state index is 0.374. The van der Waals surface area contributed by atoms with E-state index in [0.29, 0.717) is 12.1 Å². The van der Waals surface area contributed by atoms with Gasteiger partial charge in [0.05, 0.1) is 16.6 Å². The number of benzene rings is 1. The van der Waals surface area contributed by atoms with E-state index in [-0.39, 0.29) is 0 Å². The molecule has 0 unspecified atom stereocenters. The van der Waals surface area contributed by atoms with E-state index in [0.717, 1.165) is 38.1 Å². The molecule has 29 heavy (non-hydrogen) atoms. The summed E-state index contributed by atoms with van der Waals surface area (Å²) in [6.45, 7) is 1.10. The summed E-state index contributed by atoms with van der Waals surface area (Å²) in [6.07, 6.45) is 10.6. The Morgan fingerprint density at radius 3 is 2.69 bits per heavy atom. The standard InChI is InChI=1S/C24H34N4S/c1-26-24-22(20-10-5-11-21(20)29-24)23(25)28-19-14-12-18(13-15-19)27-16-6-9-17-7-3-2-4-8-17/h2-4,7-8,18-19,26-27H,5-6,9-16H2,1H3,(H2,25,28). The molecule has 0 radical (unpaired) electrons. The third kappa shape index (κ3) is 5.01. The summed E-state index contributed by atoms with van der Waals surface area (Å²) in [7, 11) is 1.99. The first-order valence-electron chi connectivity index (χ1n) is 11.2. The van der Waals surface area contributed by atoms with Crippen molar-refractivity contribution in [3.05, 3.63) is 51.9 Å². The van der Waals surface area contributed by atoms with Crippen LogP contribution in [0.4, 0.5) is 5.00 Å². The highest BCUT2D eigenvalue weighted by Crippen LogP contribution is 2.39. The molecular formula is C24H34N4S. The Morgan fingerprint density at radius 2 is 1.93 bits per heavy atom. The van der Waals surface area contributed by atoms with E-state index < -0.39 is 0 Å². The lowest BCUT2D eigenvalue weighted by Crippen LogP contribution is -2.35. The third-order valence-corrected chi connectivity index (χ3v) is 7.65. The van der Waals surface area contributed by atoms with Crippen molar-refractivity contribution in [2.24, 2.45) is 10.7 Å². The molecule has 156 valence electrons. The minimum Gasteiger partial charge on any atom is -0.383 e. The number of fused-ring (bicyclic) bond motifs is 1. The Bertz CT molecular complexity index is 819. The van der Waals surface area contributed by atoms with Crippen molar-refractivity contribution in [2.45, 2.75) is 69.9 Å². The van der Waals surface area contributed by atoms with E-state index in [2.05, 4.69) is 41.0 Å². The predicted molar refractivity (Wildman–Crippen MR) is 125 cm³/mol. The van der Waals surface area contributed by atoms with Gasteiger partial charge in [0.15, 0.2) is 0 Å². The number of nitrogens with zero attached hydrogens (tertiary/aromatic N) is 1. The van der Waals surface area contributed by atoms with Crippen molar-refractivity contribution < 1.29 is 0 Å². The normalized spacial score (nSPS) is 21.9. The molecule has 0 saturated heterocycles. The molecule has 0 atom stereocenters. The molecule has 1 aromatic heterocycles. The largest absolute Gasteiger partial charge is 0.383 e. The van der Waals surface area contributed by atoms with E-state index in [1.807, 2.05) is 18.4 Å². The molecule has 0 aliphatic heterocycles. The SMILES string of the molecule is CNc1sc2c(c1C(N)=NC1CCC(NCCCc3ccccc3)CC1)CCC2. The molecule has 2 aromatic rings. The smallest absolute Gasteiger partial charge is 0.129 e. The van der Waals surface area contributed by atoms with Crippen LogP contribution in [0, 0.1) is 0 Å². The van der Waals surface area contributed by atoms with Gasteiger partial charge in [-0.25, -0.2) is 0 Å². The Labute approximate surface area is 179 Å². The lowest BCUT2D eigenvalue weighted by atomic mass is 9.91. The molecule has 1 heterocycles. The fraction of sp³-hybridized carbons (Fsp3) is 0.542. The van der Waals surface area contributed by atoms with Crippen molar-refractivity contribution in [2.75, 3.05) is 18.9 Å². The molecule has 1 aromatic carbocycles. The third-order valence-electron chi connectivity index (χ3n) is 6.34. The maximum Gasteiger partial charge on any atom is 0.129 e. The van der Waals surface area contributed by atoms with Crippen LogP contribution in [0.5, 0.6) is 0 Å². The lowest BCUT2D eigenvalue weighted by Gasteiger charge is -2.27. The van der Waals surface area contributed by atoms with Crippen molar-refractivity contribution in [1.29, 1.82) is 0 Å². The molecular weight excluding hydrogens is 376 g/mol. The Morgan fingerprint density at radius 1 is 1.14 bits per heavy atom. The number of hydrogen-bond acceptors (Lipinski definition) is 4. The monoisotopic (exact) mass is 410 g/mol. The fourth-order valence-corrected chi connectivity index (χ4v) is 6.02. The second kappa shape index (κ2) is 9.77. The Hall–Kier alpha value is -1.85. The molecule has 1 fully saturated rings. The number of nitrogens with one attached hydrogen (secondary N) is 2. The van der Waals surface area contributed by atoms with Gasteiger partial charge in [-0.1, -0.05) is 30.3 Å². The van der Waals surface area contributed by atoms with Gasteiger partial charge >= 0.3 is 0 Å². The zero-order valence-electron chi connectivity index (χ0n) is 17.5. The van der Waals surface area contributed by atoms with E-state index in [9.17, 15) is 0 Å². The van der Waals surface area contributed by atoms with E-state index in [1.54, 1.807) is 0 Å². The molecule has 0 amide bonds. The maximum atomic E-state index is 6.51. The number of rotatable bonds is 8. The summed E-state index contributed by atoms with van der Waals surface area (Å²) < 4.78 is 0. The van der Waals surface area contributed by atoms with Crippen LogP contribution < -0.4 is 16.4 Å². The Kier molecular flexibility index (Phi) is 6.88. The van der Waals surface area contributed by atoms with Crippen molar-refractivity contribution in [3.63, 3.8) is 0 Å². The Balaban J connectivity index is 1.24. The number of thiophene rings is 1. The summed E-state index contributed by atoms with van der Waals surface area (Å²) in [5.41, 5.74) is 10.6. The van der Waals surface area contributed by atoms with Crippen LogP contribution >= 0.6 is 11.3 Å². The molecule has 4 N–H and O–H groups in total. The highest BCUT2D eigenvalue weighted by Gasteiger charge is 2.25. The fourth-order valence-electron chi connectivity index (χ4n) is 4.76. The minimum absolute atomic E-state index is 0.374. The van der Waals surface area contributed by atoms with E-state index in [4.69, 9.17) is 10.7 Å². The maximum absolute atomic E-state index is 6.51. The van der Waals surface area contributed by atoms with Crippen LogP contribution in [-0.4, -0.2) is 31.5 Å². The number of anilines is 1. The molecule has 1 saturated carbocycles. The van der Waals surface area contributed by atoms with Crippen molar-refractivity contribution in [3.8, 4) is 0 Å². The van der Waals surface area contributed by atoms with Crippen molar-refractivity contribution >= 4 is 22.2 Å². The van der Waals surface area contributed by atoms with Crippen molar-refractivity contribution in [1.82, 2.24) is 5.32 Å². The van der Waals surface area contributed by atoms with Gasteiger partial charge in [-0.3, -0.25) is 4.99 Å². The highest BCUT2D eigenvalue weighted by atomic mass is 32.1. The van der Waals surface area contributed by atoms with Crippen LogP contribution in [0.25, 0.3) is 0 Å². The van der Waals surface area contributed by atoms with E-state index >= 15 is 0 Å². The van der Waals surface area contributed by atoms with Gasteiger partial charge in [0.25, 0.3) is 0 Å². The van der Waals surface area contributed by atoms with Gasteiger partial charge in [0.1, 0.15) is 5.84 Å². The summed E-state index contributed by atoms with van der Waals surface area (Å²) in [6, 6.07) is 11.8. The zero-order chi connectivity index (χ0) is 20.1. The number of hydrogen-bond donors (Lipinski definition) is 3. The number of aliphatic imine (C=N–C) groups is 1. The number of aryl methyl sites for hydroxylation is 2. The molecule has 4 rings (SSSR count). The predicted octanol–water partition coefficient (Wildman–Crippen LogP) is 4.52. The molecule has 2 aliphatic carbocycles. The summed E-state index contributed by atoms with van der Waals surface area (Å²) in [5.74, 6) is 0.757. The quantitative estimate of drug-likeness (QED) is 0.341. The van der Waals surface area contributed by atoms with Gasteiger partial charge in [-0.15, -0.1) is 11.3 Å². The molecule has 4 nitrogen and oxygen atoms in total. The highest BCUT2D eigenvalue weighted by molar-refractivity contribution is 7.16. The van der Waals surface area contributed by atoms with Gasteiger partial charge in [-0.2, -0.15) is 0 Å². The van der Waals surface area contributed by atoms with Crippen LogP contribution in [0.3, 0.4) is 0 Å². The van der Waals surface area contributed by atoms with Gasteiger partial charge in [0, 0.05) is 18.0 Å². The summed E-state index contributed by atoms with van der Waals surface area (Å²) in [5, 5.41) is 8.29. The zero-order valence-corrected chi connectivity index (χ0v) is 18.4. The van der Waals surface area contributed by atoms with Crippen LogP contribution in [-0.2, 0) is 19.3 Å². The molecule has 0 spiro atoms. The van der Waals surface area contributed by atoms with E-state index in [1.165, 1.54) is 58.7 Å².